The summed E-state index contributed by atoms with van der Waals surface area (Å²) in [6.45, 7) is 3.09. The molecule has 0 amide bonds. The zero-order chi connectivity index (χ0) is 11.5. The molecule has 2 aromatic rings. The number of aryl methyl sites for hydroxylation is 1. The molecule has 0 saturated heterocycles. The standard InChI is InChI=1S/C11H15N3O2/c1-8-3-4-10-9(7-8)13-11(16-10)14(12)5-6-15-2/h3-4,7H,5-6,12H2,1-2H3. The van der Waals surface area contributed by atoms with Gasteiger partial charge in [-0.1, -0.05) is 6.07 Å². The van der Waals surface area contributed by atoms with Gasteiger partial charge in [0.2, 0.25) is 0 Å². The highest BCUT2D eigenvalue weighted by atomic mass is 16.5. The molecular formula is C11H15N3O2. The van der Waals surface area contributed by atoms with E-state index in [1.54, 1.807) is 7.11 Å². The van der Waals surface area contributed by atoms with Gasteiger partial charge in [-0.15, -0.1) is 0 Å². The number of methoxy groups -OCH3 is 1. The number of hydrogen-bond donors (Lipinski definition) is 1. The predicted octanol–water partition coefficient (Wildman–Crippen LogP) is 1.46. The molecule has 0 spiro atoms. The Bertz CT molecular complexity index is 481. The molecule has 0 bridgehead atoms. The molecule has 0 atom stereocenters. The van der Waals surface area contributed by atoms with Gasteiger partial charge in [-0.05, 0) is 24.6 Å². The molecule has 2 rings (SSSR count). The molecule has 5 nitrogen and oxygen atoms in total. The Morgan fingerprint density at radius 2 is 2.31 bits per heavy atom. The molecule has 1 heterocycles. The summed E-state index contributed by atoms with van der Waals surface area (Å²) in [7, 11) is 1.63. The molecule has 0 aliphatic rings. The Kier molecular flexibility index (Phi) is 3.07. The summed E-state index contributed by atoms with van der Waals surface area (Å²) in [6.07, 6.45) is 0. The summed E-state index contributed by atoms with van der Waals surface area (Å²) in [6, 6.07) is 6.25. The van der Waals surface area contributed by atoms with Crippen molar-refractivity contribution in [2.75, 3.05) is 25.3 Å². The monoisotopic (exact) mass is 221 g/mol. The summed E-state index contributed by atoms with van der Waals surface area (Å²) in [5.74, 6) is 5.78. The SMILES string of the molecule is COCCN(N)c1nc2cc(C)ccc2o1. The molecule has 0 saturated carbocycles. The number of fused-ring (bicyclic) bond motifs is 1. The van der Waals surface area contributed by atoms with Crippen molar-refractivity contribution >= 4 is 17.1 Å². The minimum atomic E-state index is 0.414. The van der Waals surface area contributed by atoms with E-state index in [0.29, 0.717) is 19.2 Å². The molecular weight excluding hydrogens is 206 g/mol. The van der Waals surface area contributed by atoms with Gasteiger partial charge in [0.15, 0.2) is 5.58 Å². The quantitative estimate of drug-likeness (QED) is 0.625. The number of benzene rings is 1. The van der Waals surface area contributed by atoms with Gasteiger partial charge in [0.05, 0.1) is 13.2 Å². The van der Waals surface area contributed by atoms with Gasteiger partial charge in [-0.2, -0.15) is 4.98 Å². The van der Waals surface area contributed by atoms with E-state index in [1.807, 2.05) is 25.1 Å². The Hall–Kier alpha value is -1.59. The van der Waals surface area contributed by atoms with Crippen LogP contribution in [0.1, 0.15) is 5.56 Å². The highest BCUT2D eigenvalue weighted by Gasteiger charge is 2.10. The minimum absolute atomic E-state index is 0.414. The average molecular weight is 221 g/mol. The van der Waals surface area contributed by atoms with Gasteiger partial charge >= 0.3 is 6.01 Å². The van der Waals surface area contributed by atoms with E-state index >= 15 is 0 Å². The van der Waals surface area contributed by atoms with E-state index in [-0.39, 0.29) is 0 Å². The third-order valence-electron chi connectivity index (χ3n) is 2.31. The van der Waals surface area contributed by atoms with Crippen LogP contribution in [0.25, 0.3) is 11.1 Å². The number of anilines is 1. The van der Waals surface area contributed by atoms with Gasteiger partial charge in [0.25, 0.3) is 0 Å². The second-order valence-electron chi connectivity index (χ2n) is 3.65. The maximum Gasteiger partial charge on any atom is 0.313 e. The number of hydrogen-bond acceptors (Lipinski definition) is 5. The summed E-state index contributed by atoms with van der Waals surface area (Å²) in [5.41, 5.74) is 2.71. The summed E-state index contributed by atoms with van der Waals surface area (Å²) in [5, 5.41) is 1.44. The number of nitrogens with two attached hydrogens (primary N) is 1. The van der Waals surface area contributed by atoms with Crippen molar-refractivity contribution in [2.45, 2.75) is 6.92 Å². The molecule has 16 heavy (non-hydrogen) atoms. The molecule has 0 aliphatic heterocycles. The first-order chi connectivity index (χ1) is 7.70. The first-order valence-corrected chi connectivity index (χ1v) is 5.09. The van der Waals surface area contributed by atoms with Crippen LogP contribution in [0.15, 0.2) is 22.6 Å². The largest absolute Gasteiger partial charge is 0.422 e. The zero-order valence-electron chi connectivity index (χ0n) is 9.43. The molecule has 0 fully saturated rings. The van der Waals surface area contributed by atoms with Gasteiger partial charge < -0.3 is 9.15 Å². The highest BCUT2D eigenvalue weighted by Crippen LogP contribution is 2.21. The Labute approximate surface area is 93.8 Å². The number of ether oxygens (including phenoxy) is 1. The van der Waals surface area contributed by atoms with Gasteiger partial charge in [-0.25, -0.2) is 5.84 Å². The van der Waals surface area contributed by atoms with Crippen molar-refractivity contribution in [1.82, 2.24) is 4.98 Å². The van der Waals surface area contributed by atoms with E-state index in [4.69, 9.17) is 15.0 Å². The Balaban J connectivity index is 2.25. The van der Waals surface area contributed by atoms with Crippen LogP contribution in [0.3, 0.4) is 0 Å². The van der Waals surface area contributed by atoms with Crippen molar-refractivity contribution in [2.24, 2.45) is 5.84 Å². The first-order valence-electron chi connectivity index (χ1n) is 5.09. The first kappa shape index (κ1) is 10.9. The fraction of sp³-hybridized carbons (Fsp3) is 0.364. The van der Waals surface area contributed by atoms with Crippen LogP contribution in [0.2, 0.25) is 0 Å². The number of nitrogens with zero attached hydrogens (tertiary/aromatic N) is 2. The number of rotatable bonds is 4. The van der Waals surface area contributed by atoms with E-state index in [0.717, 1.165) is 16.7 Å². The maximum absolute atomic E-state index is 5.78. The molecule has 2 N–H and O–H groups in total. The van der Waals surface area contributed by atoms with Gasteiger partial charge in [-0.3, -0.25) is 5.01 Å². The fourth-order valence-corrected chi connectivity index (χ4v) is 1.43. The second kappa shape index (κ2) is 4.51. The van der Waals surface area contributed by atoms with Crippen molar-refractivity contribution in [3.8, 4) is 0 Å². The lowest BCUT2D eigenvalue weighted by molar-refractivity contribution is 0.204. The smallest absolute Gasteiger partial charge is 0.313 e. The van der Waals surface area contributed by atoms with Crippen LogP contribution < -0.4 is 10.9 Å². The minimum Gasteiger partial charge on any atom is -0.422 e. The summed E-state index contributed by atoms with van der Waals surface area (Å²) >= 11 is 0. The summed E-state index contributed by atoms with van der Waals surface area (Å²) < 4.78 is 10.5. The number of hydrazine groups is 1. The van der Waals surface area contributed by atoms with Gasteiger partial charge in [0, 0.05) is 7.11 Å². The molecule has 1 aromatic carbocycles. The third-order valence-corrected chi connectivity index (χ3v) is 2.31. The van der Waals surface area contributed by atoms with Crippen LogP contribution in [-0.2, 0) is 4.74 Å². The van der Waals surface area contributed by atoms with Crippen molar-refractivity contribution in [3.05, 3.63) is 23.8 Å². The third kappa shape index (κ3) is 2.15. The lowest BCUT2D eigenvalue weighted by Gasteiger charge is -2.12. The normalized spacial score (nSPS) is 10.9. The van der Waals surface area contributed by atoms with Gasteiger partial charge in [0.1, 0.15) is 5.52 Å². The van der Waals surface area contributed by atoms with Crippen LogP contribution in [0.5, 0.6) is 0 Å². The number of oxazole rings is 1. The Morgan fingerprint density at radius 3 is 3.06 bits per heavy atom. The summed E-state index contributed by atoms with van der Waals surface area (Å²) in [4.78, 5) is 4.31. The number of aromatic nitrogens is 1. The molecule has 86 valence electrons. The average Bonchev–Trinajstić information content (AvgIpc) is 2.68. The lowest BCUT2D eigenvalue weighted by atomic mass is 10.2. The van der Waals surface area contributed by atoms with Crippen molar-refractivity contribution in [1.29, 1.82) is 0 Å². The van der Waals surface area contributed by atoms with E-state index < -0.39 is 0 Å². The molecule has 5 heteroatoms. The second-order valence-corrected chi connectivity index (χ2v) is 3.65. The van der Waals surface area contributed by atoms with Crippen LogP contribution in [-0.4, -0.2) is 25.2 Å². The highest BCUT2D eigenvalue weighted by molar-refractivity contribution is 5.75. The maximum atomic E-state index is 5.78. The predicted molar refractivity (Wildman–Crippen MR) is 62.2 cm³/mol. The van der Waals surface area contributed by atoms with E-state index in [1.165, 1.54) is 5.01 Å². The molecule has 1 aromatic heterocycles. The zero-order valence-corrected chi connectivity index (χ0v) is 9.43. The lowest BCUT2D eigenvalue weighted by Crippen LogP contribution is -2.34. The molecule has 0 aliphatic carbocycles. The molecule has 0 unspecified atom stereocenters. The van der Waals surface area contributed by atoms with E-state index in [2.05, 4.69) is 4.98 Å². The fourth-order valence-electron chi connectivity index (χ4n) is 1.43. The Morgan fingerprint density at radius 1 is 1.50 bits per heavy atom. The van der Waals surface area contributed by atoms with Crippen LogP contribution >= 0.6 is 0 Å². The van der Waals surface area contributed by atoms with Crippen molar-refractivity contribution in [3.63, 3.8) is 0 Å². The van der Waals surface area contributed by atoms with Crippen LogP contribution in [0.4, 0.5) is 6.01 Å². The van der Waals surface area contributed by atoms with Crippen molar-refractivity contribution < 1.29 is 9.15 Å². The van der Waals surface area contributed by atoms with Crippen LogP contribution in [0, 0.1) is 6.92 Å². The molecule has 0 radical (unpaired) electrons. The van der Waals surface area contributed by atoms with E-state index in [9.17, 15) is 0 Å². The topological polar surface area (TPSA) is 64.5 Å².